The Bertz CT molecular complexity index is 780. The molecule has 0 atom stereocenters. The van der Waals surface area contributed by atoms with E-state index in [1.54, 1.807) is 31.1 Å². The molecule has 0 aromatic carbocycles. The van der Waals surface area contributed by atoms with E-state index in [9.17, 15) is 14.4 Å². The molecular weight excluding hydrogens is 584 g/mol. The zero-order valence-corrected chi connectivity index (χ0v) is 28.6. The third kappa shape index (κ3) is 13.1. The second-order valence-corrected chi connectivity index (χ2v) is 15.2. The van der Waals surface area contributed by atoms with Crippen molar-refractivity contribution in [2.45, 2.75) is 45.7 Å². The minimum Gasteiger partial charge on any atom is -0.377 e. The number of amides is 6. The van der Waals surface area contributed by atoms with Gasteiger partial charge in [0, 0.05) is 106 Å². The van der Waals surface area contributed by atoms with Crippen LogP contribution in [-0.4, -0.2) is 151 Å². The summed E-state index contributed by atoms with van der Waals surface area (Å²) in [6.07, 6.45) is 1.29. The number of nitrogens with zero attached hydrogens (tertiary/aromatic N) is 3. The largest absolute Gasteiger partial charge is 0.500 e. The summed E-state index contributed by atoms with van der Waals surface area (Å²) in [5, 5.41) is 8.11. The van der Waals surface area contributed by atoms with Gasteiger partial charge in [-0.2, -0.15) is 0 Å². The molecule has 3 N–H and O–H groups in total. The number of carbonyl (C=O) groups excluding carboxylic acids is 3. The molecule has 0 bridgehead atoms. The second kappa shape index (κ2) is 20.8. The molecule has 246 valence electrons. The van der Waals surface area contributed by atoms with Crippen molar-refractivity contribution in [3.8, 4) is 0 Å². The molecular formula is C25H54N6O9Si2. The lowest BCUT2D eigenvalue weighted by Crippen LogP contribution is -2.49. The summed E-state index contributed by atoms with van der Waals surface area (Å²) >= 11 is 0. The second-order valence-electron chi connectivity index (χ2n) is 9.54. The van der Waals surface area contributed by atoms with Crippen LogP contribution < -0.4 is 16.0 Å². The van der Waals surface area contributed by atoms with Crippen molar-refractivity contribution in [1.29, 1.82) is 0 Å². The maximum absolute atomic E-state index is 13.1. The summed E-state index contributed by atoms with van der Waals surface area (Å²) in [4.78, 5) is 42.0. The lowest BCUT2D eigenvalue weighted by atomic mass is 10.4. The maximum Gasteiger partial charge on any atom is 0.500 e. The Hall–Kier alpha value is -2.00. The Kier molecular flexibility index (Phi) is 18.9. The van der Waals surface area contributed by atoms with Crippen LogP contribution in [0, 0.1) is 0 Å². The third-order valence-corrected chi connectivity index (χ3v) is 12.7. The molecule has 1 heterocycles. The fourth-order valence-electron chi connectivity index (χ4n) is 4.55. The van der Waals surface area contributed by atoms with Gasteiger partial charge in [0.1, 0.15) is 0 Å². The quantitative estimate of drug-likeness (QED) is 0.111. The van der Waals surface area contributed by atoms with Crippen LogP contribution in [0.3, 0.4) is 0 Å². The first-order chi connectivity index (χ1) is 20.1. The molecule has 1 aliphatic heterocycles. The molecule has 42 heavy (non-hydrogen) atoms. The highest BCUT2D eigenvalue weighted by Gasteiger charge is 2.40. The summed E-state index contributed by atoms with van der Waals surface area (Å²) < 4.78 is 35.2. The SMILES string of the molecule is CCO[Si](CCCN(CCNC(=O)NC)C(=O)NCCO[Si](CCCN1CCN(C)C1=O)(OC)OC)(OCC)OCC. The average molecular weight is 639 g/mol. The van der Waals surface area contributed by atoms with Gasteiger partial charge in [-0.1, -0.05) is 0 Å². The van der Waals surface area contributed by atoms with Crippen molar-refractivity contribution in [2.24, 2.45) is 0 Å². The molecule has 17 heteroatoms. The van der Waals surface area contributed by atoms with E-state index in [0.29, 0.717) is 70.9 Å². The van der Waals surface area contributed by atoms with Crippen LogP contribution in [0.15, 0.2) is 0 Å². The van der Waals surface area contributed by atoms with Crippen molar-refractivity contribution >= 4 is 35.7 Å². The van der Waals surface area contributed by atoms with Gasteiger partial charge in [0.05, 0.1) is 6.61 Å². The third-order valence-electron chi connectivity index (χ3n) is 6.72. The van der Waals surface area contributed by atoms with Crippen molar-refractivity contribution in [1.82, 2.24) is 30.7 Å². The first-order valence-corrected chi connectivity index (χ1v) is 18.7. The standard InChI is InChI=1S/C25H54N6O9Si2/c1-8-37-42(38-9-2,39-10-3)22-11-15-30(17-13-27-23(32)26-4)24(33)28-14-20-40-41(35-6,36-7)21-12-16-31-19-18-29(5)25(31)34/h8-22H2,1-7H3,(H,28,33)(H2,26,27,32). The van der Waals surface area contributed by atoms with Gasteiger partial charge in [0.25, 0.3) is 0 Å². The number of hydrogen-bond donors (Lipinski definition) is 3. The summed E-state index contributed by atoms with van der Waals surface area (Å²) in [5.41, 5.74) is 0. The summed E-state index contributed by atoms with van der Waals surface area (Å²) in [7, 11) is 0.628. The van der Waals surface area contributed by atoms with Crippen molar-refractivity contribution in [3.05, 3.63) is 0 Å². The van der Waals surface area contributed by atoms with E-state index < -0.39 is 17.6 Å². The number of likely N-dealkylation sites (N-methyl/N-ethyl adjacent to an activating group) is 1. The molecule has 1 rings (SSSR count). The maximum atomic E-state index is 13.1. The van der Waals surface area contributed by atoms with E-state index in [2.05, 4.69) is 16.0 Å². The zero-order valence-electron chi connectivity index (χ0n) is 26.6. The number of carbonyl (C=O) groups is 3. The van der Waals surface area contributed by atoms with Gasteiger partial charge >= 0.3 is 35.7 Å². The average Bonchev–Trinajstić information content (AvgIpc) is 3.30. The molecule has 6 amide bonds. The van der Waals surface area contributed by atoms with Gasteiger partial charge < -0.3 is 57.2 Å². The summed E-state index contributed by atoms with van der Waals surface area (Å²) in [6, 6.07) is 0.530. The summed E-state index contributed by atoms with van der Waals surface area (Å²) in [6.45, 7) is 10.6. The van der Waals surface area contributed by atoms with Gasteiger partial charge in [-0.25, -0.2) is 14.4 Å². The van der Waals surface area contributed by atoms with Gasteiger partial charge in [-0.05, 0) is 33.6 Å². The van der Waals surface area contributed by atoms with E-state index in [1.165, 1.54) is 7.05 Å². The first kappa shape index (κ1) is 38.0. The van der Waals surface area contributed by atoms with E-state index in [-0.39, 0.29) is 37.8 Å². The first-order valence-electron chi connectivity index (χ1n) is 14.8. The van der Waals surface area contributed by atoms with Crippen LogP contribution in [0.25, 0.3) is 0 Å². The van der Waals surface area contributed by atoms with E-state index in [1.807, 2.05) is 25.7 Å². The molecule has 0 aromatic heterocycles. The fraction of sp³-hybridized carbons (Fsp3) is 0.880. The molecule has 0 aromatic rings. The Balaban J connectivity index is 2.66. The molecule has 0 radical (unpaired) electrons. The van der Waals surface area contributed by atoms with Crippen LogP contribution in [0.1, 0.15) is 33.6 Å². The molecule has 1 fully saturated rings. The van der Waals surface area contributed by atoms with Gasteiger partial charge in [-0.3, -0.25) is 0 Å². The van der Waals surface area contributed by atoms with Crippen molar-refractivity contribution < 1.29 is 40.9 Å². The molecule has 0 spiro atoms. The zero-order chi connectivity index (χ0) is 31.4. The normalized spacial score (nSPS) is 13.9. The summed E-state index contributed by atoms with van der Waals surface area (Å²) in [5.74, 6) is 0. The van der Waals surface area contributed by atoms with Crippen LogP contribution in [0.2, 0.25) is 12.1 Å². The van der Waals surface area contributed by atoms with E-state index in [0.717, 1.165) is 6.54 Å². The topological polar surface area (TPSA) is 152 Å². The predicted molar refractivity (Wildman–Crippen MR) is 162 cm³/mol. The number of hydrogen-bond acceptors (Lipinski definition) is 9. The van der Waals surface area contributed by atoms with Crippen LogP contribution in [0.5, 0.6) is 0 Å². The Morgan fingerprint density at radius 2 is 1.48 bits per heavy atom. The fourth-order valence-corrected chi connectivity index (χ4v) is 9.10. The number of nitrogens with one attached hydrogen (secondary N) is 3. The molecule has 1 saturated heterocycles. The minimum absolute atomic E-state index is 0.0255. The van der Waals surface area contributed by atoms with E-state index >= 15 is 0 Å². The smallest absolute Gasteiger partial charge is 0.377 e. The molecule has 0 aliphatic carbocycles. The highest BCUT2D eigenvalue weighted by Crippen LogP contribution is 2.19. The highest BCUT2D eigenvalue weighted by atomic mass is 28.4. The lowest BCUT2D eigenvalue weighted by molar-refractivity contribution is 0.0701. The Morgan fingerprint density at radius 1 is 0.857 bits per heavy atom. The minimum atomic E-state index is -2.97. The van der Waals surface area contributed by atoms with E-state index in [4.69, 9.17) is 26.6 Å². The van der Waals surface area contributed by atoms with Gasteiger partial charge in [-0.15, -0.1) is 0 Å². The molecule has 0 unspecified atom stereocenters. The molecule has 15 nitrogen and oxygen atoms in total. The highest BCUT2D eigenvalue weighted by molar-refractivity contribution is 6.61. The van der Waals surface area contributed by atoms with Crippen LogP contribution >= 0.6 is 0 Å². The number of urea groups is 3. The van der Waals surface area contributed by atoms with Crippen LogP contribution in [0.4, 0.5) is 14.4 Å². The van der Waals surface area contributed by atoms with Crippen LogP contribution in [-0.2, 0) is 26.6 Å². The molecule has 1 aliphatic rings. The Morgan fingerprint density at radius 3 is 2.00 bits per heavy atom. The Labute approximate surface area is 253 Å². The lowest BCUT2D eigenvalue weighted by Gasteiger charge is -2.30. The predicted octanol–water partition coefficient (Wildman–Crippen LogP) is 1.37. The van der Waals surface area contributed by atoms with Crippen molar-refractivity contribution in [2.75, 3.05) is 101 Å². The van der Waals surface area contributed by atoms with Gasteiger partial charge in [0.2, 0.25) is 0 Å². The van der Waals surface area contributed by atoms with Crippen molar-refractivity contribution in [3.63, 3.8) is 0 Å². The monoisotopic (exact) mass is 638 g/mol. The number of rotatable bonds is 23. The molecule has 0 saturated carbocycles. The van der Waals surface area contributed by atoms with Gasteiger partial charge in [0.15, 0.2) is 0 Å².